The quantitative estimate of drug-likeness (QED) is 0.835. The average molecular weight is 270 g/mol. The van der Waals surface area contributed by atoms with Crippen LogP contribution in [0.15, 0.2) is 6.33 Å². The maximum absolute atomic E-state index is 6.04. The predicted molar refractivity (Wildman–Crippen MR) is 73.1 cm³/mol. The van der Waals surface area contributed by atoms with Crippen molar-refractivity contribution in [2.24, 2.45) is 0 Å². The summed E-state index contributed by atoms with van der Waals surface area (Å²) in [6.07, 6.45) is 7.41. The molecule has 1 aromatic heterocycles. The fourth-order valence-electron chi connectivity index (χ4n) is 2.24. The second-order valence-corrected chi connectivity index (χ2v) is 4.91. The molecule has 0 spiro atoms. The molecule has 2 heterocycles. The predicted octanol–water partition coefficient (Wildman–Crippen LogP) is 3.06. The number of halogens is 1. The molecule has 1 aromatic rings. The van der Waals surface area contributed by atoms with Gasteiger partial charge in [-0.15, -0.1) is 0 Å². The molecule has 0 bridgehead atoms. The summed E-state index contributed by atoms with van der Waals surface area (Å²) in [7, 11) is 0. The molecule has 1 aliphatic rings. The standard InChI is InChI=1S/C13H20ClN3O/c1-2-11-12(14)16-9-17-13(11)15-7-6-10-5-3-4-8-18-10/h9-10H,2-8H2,1H3,(H,15,16,17). The van der Waals surface area contributed by atoms with Gasteiger partial charge in [-0.05, 0) is 32.1 Å². The van der Waals surface area contributed by atoms with Gasteiger partial charge in [0.25, 0.3) is 0 Å². The number of nitrogens with one attached hydrogen (secondary N) is 1. The van der Waals surface area contributed by atoms with Crippen LogP contribution < -0.4 is 5.32 Å². The third-order valence-corrected chi connectivity index (χ3v) is 3.60. The van der Waals surface area contributed by atoms with Crippen LogP contribution in [0.25, 0.3) is 0 Å². The summed E-state index contributed by atoms with van der Waals surface area (Å²) in [5.41, 5.74) is 0.990. The van der Waals surface area contributed by atoms with Crippen molar-refractivity contribution in [2.75, 3.05) is 18.5 Å². The highest BCUT2D eigenvalue weighted by Crippen LogP contribution is 2.21. The van der Waals surface area contributed by atoms with Crippen molar-refractivity contribution in [1.82, 2.24) is 9.97 Å². The lowest BCUT2D eigenvalue weighted by Gasteiger charge is -2.22. The lowest BCUT2D eigenvalue weighted by Crippen LogP contribution is -2.22. The number of aromatic nitrogens is 2. The first-order chi connectivity index (χ1) is 8.81. The first-order valence-electron chi connectivity index (χ1n) is 6.66. The molecule has 5 heteroatoms. The highest BCUT2D eigenvalue weighted by Gasteiger charge is 2.14. The van der Waals surface area contributed by atoms with E-state index in [2.05, 4.69) is 22.2 Å². The molecule has 1 aliphatic heterocycles. The van der Waals surface area contributed by atoms with Crippen LogP contribution in [0.1, 0.15) is 38.2 Å². The Labute approximate surface area is 113 Å². The number of nitrogens with zero attached hydrogens (tertiary/aromatic N) is 2. The summed E-state index contributed by atoms with van der Waals surface area (Å²) >= 11 is 6.04. The van der Waals surface area contributed by atoms with Gasteiger partial charge in [0, 0.05) is 18.7 Å². The first kappa shape index (κ1) is 13.6. The molecule has 0 aromatic carbocycles. The van der Waals surface area contributed by atoms with Gasteiger partial charge in [-0.25, -0.2) is 9.97 Å². The van der Waals surface area contributed by atoms with Gasteiger partial charge in [0.05, 0.1) is 6.10 Å². The summed E-state index contributed by atoms with van der Waals surface area (Å²) in [4.78, 5) is 8.24. The van der Waals surface area contributed by atoms with Crippen LogP contribution in [-0.4, -0.2) is 29.2 Å². The van der Waals surface area contributed by atoms with Gasteiger partial charge in [0.15, 0.2) is 0 Å². The van der Waals surface area contributed by atoms with Crippen LogP contribution in [-0.2, 0) is 11.2 Å². The van der Waals surface area contributed by atoms with Crippen molar-refractivity contribution in [2.45, 2.75) is 45.1 Å². The Morgan fingerprint density at radius 2 is 2.33 bits per heavy atom. The number of rotatable bonds is 5. The average Bonchev–Trinajstić information content (AvgIpc) is 2.40. The summed E-state index contributed by atoms with van der Waals surface area (Å²) in [6, 6.07) is 0. The molecule has 100 valence electrons. The second kappa shape index (κ2) is 6.90. The Morgan fingerprint density at radius 1 is 1.44 bits per heavy atom. The van der Waals surface area contributed by atoms with Crippen LogP contribution in [0.3, 0.4) is 0 Å². The molecule has 1 atom stereocenters. The number of ether oxygens (including phenoxy) is 1. The number of hydrogen-bond acceptors (Lipinski definition) is 4. The minimum absolute atomic E-state index is 0.397. The van der Waals surface area contributed by atoms with Crippen molar-refractivity contribution in [3.8, 4) is 0 Å². The van der Waals surface area contributed by atoms with Crippen LogP contribution in [0.4, 0.5) is 5.82 Å². The fourth-order valence-corrected chi connectivity index (χ4v) is 2.51. The van der Waals surface area contributed by atoms with E-state index >= 15 is 0 Å². The minimum Gasteiger partial charge on any atom is -0.378 e. The second-order valence-electron chi connectivity index (χ2n) is 4.55. The van der Waals surface area contributed by atoms with Crippen molar-refractivity contribution < 1.29 is 4.74 Å². The van der Waals surface area contributed by atoms with E-state index < -0.39 is 0 Å². The van der Waals surface area contributed by atoms with E-state index in [4.69, 9.17) is 16.3 Å². The monoisotopic (exact) mass is 269 g/mol. The maximum Gasteiger partial charge on any atom is 0.137 e. The molecular weight excluding hydrogens is 250 g/mol. The Hall–Kier alpha value is -0.870. The Morgan fingerprint density at radius 3 is 3.06 bits per heavy atom. The SMILES string of the molecule is CCc1c(Cl)ncnc1NCCC1CCCCO1. The molecule has 4 nitrogen and oxygen atoms in total. The van der Waals surface area contributed by atoms with Crippen molar-refractivity contribution in [3.63, 3.8) is 0 Å². The zero-order chi connectivity index (χ0) is 12.8. The lowest BCUT2D eigenvalue weighted by molar-refractivity contribution is 0.0134. The van der Waals surface area contributed by atoms with E-state index in [1.807, 2.05) is 0 Å². The Balaban J connectivity index is 1.84. The van der Waals surface area contributed by atoms with Gasteiger partial charge in [-0.3, -0.25) is 0 Å². The number of hydrogen-bond donors (Lipinski definition) is 1. The van der Waals surface area contributed by atoms with E-state index in [0.29, 0.717) is 11.3 Å². The number of anilines is 1. The lowest BCUT2D eigenvalue weighted by atomic mass is 10.1. The summed E-state index contributed by atoms with van der Waals surface area (Å²) in [5.74, 6) is 0.855. The summed E-state index contributed by atoms with van der Waals surface area (Å²) in [6.45, 7) is 3.83. The fraction of sp³-hybridized carbons (Fsp3) is 0.692. The van der Waals surface area contributed by atoms with Gasteiger partial charge in [-0.1, -0.05) is 18.5 Å². The van der Waals surface area contributed by atoms with Crippen molar-refractivity contribution in [1.29, 1.82) is 0 Å². The van der Waals surface area contributed by atoms with E-state index in [9.17, 15) is 0 Å². The first-order valence-corrected chi connectivity index (χ1v) is 7.04. The Kier molecular flexibility index (Phi) is 5.20. The maximum atomic E-state index is 6.04. The van der Waals surface area contributed by atoms with E-state index in [0.717, 1.165) is 37.4 Å². The van der Waals surface area contributed by atoms with Crippen molar-refractivity contribution >= 4 is 17.4 Å². The van der Waals surface area contributed by atoms with E-state index in [1.54, 1.807) is 0 Å². The summed E-state index contributed by atoms with van der Waals surface area (Å²) < 4.78 is 5.70. The molecule has 1 fully saturated rings. The summed E-state index contributed by atoms with van der Waals surface area (Å²) in [5, 5.41) is 3.88. The zero-order valence-corrected chi connectivity index (χ0v) is 11.5. The molecule has 0 amide bonds. The Bertz CT molecular complexity index is 380. The molecule has 18 heavy (non-hydrogen) atoms. The third kappa shape index (κ3) is 3.56. The van der Waals surface area contributed by atoms with E-state index in [1.165, 1.54) is 25.6 Å². The highest BCUT2D eigenvalue weighted by molar-refractivity contribution is 6.30. The van der Waals surface area contributed by atoms with Crippen LogP contribution in [0.2, 0.25) is 5.15 Å². The highest BCUT2D eigenvalue weighted by atomic mass is 35.5. The van der Waals surface area contributed by atoms with Gasteiger partial charge in [0.1, 0.15) is 17.3 Å². The molecule has 1 N–H and O–H groups in total. The minimum atomic E-state index is 0.397. The topological polar surface area (TPSA) is 47.0 Å². The molecule has 1 unspecified atom stereocenters. The van der Waals surface area contributed by atoms with Gasteiger partial charge >= 0.3 is 0 Å². The van der Waals surface area contributed by atoms with E-state index in [-0.39, 0.29) is 0 Å². The zero-order valence-electron chi connectivity index (χ0n) is 10.8. The van der Waals surface area contributed by atoms with Crippen LogP contribution >= 0.6 is 11.6 Å². The molecule has 2 rings (SSSR count). The van der Waals surface area contributed by atoms with Crippen LogP contribution in [0, 0.1) is 0 Å². The van der Waals surface area contributed by atoms with Gasteiger partial charge < -0.3 is 10.1 Å². The molecule has 0 aliphatic carbocycles. The van der Waals surface area contributed by atoms with Gasteiger partial charge in [0.2, 0.25) is 0 Å². The molecule has 0 saturated carbocycles. The molecule has 0 radical (unpaired) electrons. The smallest absolute Gasteiger partial charge is 0.137 e. The molecule has 1 saturated heterocycles. The third-order valence-electron chi connectivity index (χ3n) is 3.28. The van der Waals surface area contributed by atoms with Crippen molar-refractivity contribution in [3.05, 3.63) is 17.0 Å². The van der Waals surface area contributed by atoms with Gasteiger partial charge in [-0.2, -0.15) is 0 Å². The largest absolute Gasteiger partial charge is 0.378 e. The van der Waals surface area contributed by atoms with Crippen LogP contribution in [0.5, 0.6) is 0 Å². The normalized spacial score (nSPS) is 19.8. The molecular formula is C13H20ClN3O.